The van der Waals surface area contributed by atoms with E-state index in [1.165, 1.54) is 12.1 Å². The highest BCUT2D eigenvalue weighted by Crippen LogP contribution is 2.43. The van der Waals surface area contributed by atoms with Gasteiger partial charge in [0.05, 0.1) is 18.5 Å². The van der Waals surface area contributed by atoms with Gasteiger partial charge in [-0.3, -0.25) is 4.79 Å². The topological polar surface area (TPSA) is 23.6 Å². The second-order valence-electron chi connectivity index (χ2n) is 8.04. The van der Waals surface area contributed by atoms with E-state index in [1.54, 1.807) is 11.3 Å². The number of likely N-dealkylation sites (tertiary alicyclic amines) is 1. The lowest BCUT2D eigenvalue weighted by Gasteiger charge is -2.42. The van der Waals surface area contributed by atoms with E-state index in [2.05, 4.69) is 29.0 Å². The van der Waals surface area contributed by atoms with Crippen molar-refractivity contribution in [2.45, 2.75) is 57.2 Å². The Morgan fingerprint density at radius 3 is 2.69 bits per heavy atom. The Morgan fingerprint density at radius 2 is 2.00 bits per heavy atom. The minimum atomic E-state index is -0.210. The van der Waals surface area contributed by atoms with Gasteiger partial charge in [0.25, 0.3) is 0 Å². The molecule has 0 radical (unpaired) electrons. The van der Waals surface area contributed by atoms with Gasteiger partial charge in [0.15, 0.2) is 0 Å². The van der Waals surface area contributed by atoms with Crippen LogP contribution < -0.4 is 4.90 Å². The van der Waals surface area contributed by atoms with Crippen LogP contribution in [-0.2, 0) is 11.2 Å². The lowest BCUT2D eigenvalue weighted by molar-refractivity contribution is -0.134. The zero-order valence-corrected chi connectivity index (χ0v) is 16.1. The van der Waals surface area contributed by atoms with Gasteiger partial charge in [-0.2, -0.15) is 11.3 Å². The number of fused-ring (bicyclic) bond motifs is 1. The second kappa shape index (κ2) is 6.69. The van der Waals surface area contributed by atoms with Crippen molar-refractivity contribution in [1.29, 1.82) is 0 Å². The number of halogens is 1. The third kappa shape index (κ3) is 3.13. The molecule has 1 aromatic carbocycles. The summed E-state index contributed by atoms with van der Waals surface area (Å²) in [7, 11) is 0. The Kier molecular flexibility index (Phi) is 4.51. The molecular formula is C21H25FN2OS. The number of hydrogen-bond acceptors (Lipinski definition) is 3. The monoisotopic (exact) mass is 372 g/mol. The van der Waals surface area contributed by atoms with E-state index >= 15 is 0 Å². The fourth-order valence-corrected chi connectivity index (χ4v) is 5.43. The zero-order chi connectivity index (χ0) is 18.3. The minimum absolute atomic E-state index is 0.0571. The van der Waals surface area contributed by atoms with Gasteiger partial charge in [0, 0.05) is 17.8 Å². The van der Waals surface area contributed by atoms with Gasteiger partial charge in [-0.05, 0) is 79.8 Å². The van der Waals surface area contributed by atoms with Crippen molar-refractivity contribution in [3.8, 4) is 0 Å². The lowest BCUT2D eigenvalue weighted by Crippen LogP contribution is -2.53. The van der Waals surface area contributed by atoms with E-state index in [9.17, 15) is 9.18 Å². The first-order valence-electron chi connectivity index (χ1n) is 9.31. The van der Waals surface area contributed by atoms with Crippen LogP contribution >= 0.6 is 11.3 Å². The summed E-state index contributed by atoms with van der Waals surface area (Å²) in [4.78, 5) is 17.5. The summed E-state index contributed by atoms with van der Waals surface area (Å²) in [5.41, 5.74) is 2.10. The van der Waals surface area contributed by atoms with Crippen LogP contribution in [0.1, 0.15) is 38.7 Å². The molecule has 3 heterocycles. The first-order valence-corrected chi connectivity index (χ1v) is 10.3. The number of benzene rings is 1. The Bertz CT molecular complexity index is 772. The van der Waals surface area contributed by atoms with E-state index in [-0.39, 0.29) is 23.3 Å². The van der Waals surface area contributed by atoms with Gasteiger partial charge in [-0.25, -0.2) is 4.39 Å². The van der Waals surface area contributed by atoms with Gasteiger partial charge >= 0.3 is 0 Å². The van der Waals surface area contributed by atoms with Crippen molar-refractivity contribution in [2.24, 2.45) is 0 Å². The van der Waals surface area contributed by atoms with Crippen molar-refractivity contribution in [1.82, 2.24) is 4.90 Å². The minimum Gasteiger partial charge on any atom is -0.361 e. The van der Waals surface area contributed by atoms with Crippen LogP contribution in [0.5, 0.6) is 0 Å². The first-order chi connectivity index (χ1) is 12.5. The van der Waals surface area contributed by atoms with E-state index in [0.717, 1.165) is 37.1 Å². The molecule has 2 saturated heterocycles. The maximum Gasteiger partial charge on any atom is 0.227 e. The molecule has 2 aliphatic rings. The third-order valence-corrected chi connectivity index (χ3v) is 6.53. The predicted octanol–water partition coefficient (Wildman–Crippen LogP) is 4.48. The summed E-state index contributed by atoms with van der Waals surface area (Å²) in [6.07, 6.45) is 3.53. The molecule has 26 heavy (non-hydrogen) atoms. The number of rotatable bonds is 3. The molecule has 1 amide bonds. The Labute approximate surface area is 158 Å². The van der Waals surface area contributed by atoms with E-state index in [1.807, 2.05) is 23.6 Å². The van der Waals surface area contributed by atoms with Crippen LogP contribution in [-0.4, -0.2) is 35.0 Å². The standard InChI is InChI=1S/C21H25FN2OS/c1-21(2)13-19-18(24(21)17-7-5-16(22)6-8-17)4-3-10-23(19)20(25)12-15-9-11-26-14-15/h5-9,11,14,18-19H,3-4,10,12-13H2,1-2H3/t18-,19-/m0/s1. The van der Waals surface area contributed by atoms with E-state index in [0.29, 0.717) is 12.5 Å². The molecule has 0 saturated carbocycles. The number of piperidine rings is 1. The molecule has 2 atom stereocenters. The van der Waals surface area contributed by atoms with Crippen molar-refractivity contribution in [3.63, 3.8) is 0 Å². The summed E-state index contributed by atoms with van der Waals surface area (Å²) >= 11 is 1.64. The molecule has 138 valence electrons. The van der Waals surface area contributed by atoms with Crippen LogP contribution in [0.25, 0.3) is 0 Å². The molecule has 5 heteroatoms. The molecule has 2 aromatic rings. The highest BCUT2D eigenvalue weighted by atomic mass is 32.1. The van der Waals surface area contributed by atoms with Crippen molar-refractivity contribution >= 4 is 22.9 Å². The normalized spacial score (nSPS) is 24.6. The van der Waals surface area contributed by atoms with Gasteiger partial charge in [0.2, 0.25) is 5.91 Å². The fraction of sp³-hybridized carbons (Fsp3) is 0.476. The number of amides is 1. The molecule has 2 aliphatic heterocycles. The number of thiophene rings is 1. The Hall–Kier alpha value is -1.88. The molecular weight excluding hydrogens is 347 g/mol. The Morgan fingerprint density at radius 1 is 1.23 bits per heavy atom. The van der Waals surface area contributed by atoms with Gasteiger partial charge in [0.1, 0.15) is 5.82 Å². The van der Waals surface area contributed by atoms with Crippen LogP contribution in [0.2, 0.25) is 0 Å². The fourth-order valence-electron chi connectivity index (χ4n) is 4.76. The average molecular weight is 373 g/mol. The van der Waals surface area contributed by atoms with Crippen molar-refractivity contribution in [2.75, 3.05) is 11.4 Å². The molecule has 1 aromatic heterocycles. The number of nitrogens with zero attached hydrogens (tertiary/aromatic N) is 2. The lowest BCUT2D eigenvalue weighted by atomic mass is 9.93. The largest absolute Gasteiger partial charge is 0.361 e. The number of carbonyl (C=O) groups excluding carboxylic acids is 1. The zero-order valence-electron chi connectivity index (χ0n) is 15.3. The molecule has 0 aliphatic carbocycles. The summed E-state index contributed by atoms with van der Waals surface area (Å²) in [6, 6.07) is 9.36. The number of anilines is 1. The molecule has 0 N–H and O–H groups in total. The van der Waals surface area contributed by atoms with Crippen molar-refractivity contribution < 1.29 is 9.18 Å². The predicted molar refractivity (Wildman–Crippen MR) is 104 cm³/mol. The van der Waals surface area contributed by atoms with Crippen LogP contribution in [0, 0.1) is 5.82 Å². The summed E-state index contributed by atoms with van der Waals surface area (Å²) in [5, 5.41) is 4.08. The Balaban J connectivity index is 1.59. The second-order valence-corrected chi connectivity index (χ2v) is 8.82. The van der Waals surface area contributed by atoms with Crippen LogP contribution in [0.3, 0.4) is 0 Å². The SMILES string of the molecule is CC1(C)C[C@H]2[C@H](CCCN2C(=O)Cc2ccsc2)N1c1ccc(F)cc1. The smallest absolute Gasteiger partial charge is 0.227 e. The van der Waals surface area contributed by atoms with Gasteiger partial charge < -0.3 is 9.80 Å². The summed E-state index contributed by atoms with van der Waals surface area (Å²) in [5.74, 6) is 0.0216. The van der Waals surface area contributed by atoms with Crippen LogP contribution in [0.4, 0.5) is 10.1 Å². The third-order valence-electron chi connectivity index (χ3n) is 5.80. The average Bonchev–Trinajstić information content (AvgIpc) is 3.19. The maximum absolute atomic E-state index is 13.4. The van der Waals surface area contributed by atoms with E-state index in [4.69, 9.17) is 0 Å². The summed E-state index contributed by atoms with van der Waals surface area (Å²) < 4.78 is 13.4. The molecule has 0 spiro atoms. The van der Waals surface area contributed by atoms with E-state index < -0.39 is 0 Å². The quantitative estimate of drug-likeness (QED) is 0.793. The molecule has 0 unspecified atom stereocenters. The highest BCUT2D eigenvalue weighted by Gasteiger charge is 2.50. The summed E-state index contributed by atoms with van der Waals surface area (Å²) in [6.45, 7) is 5.31. The molecule has 3 nitrogen and oxygen atoms in total. The highest BCUT2D eigenvalue weighted by molar-refractivity contribution is 7.08. The van der Waals surface area contributed by atoms with Crippen LogP contribution in [0.15, 0.2) is 41.1 Å². The van der Waals surface area contributed by atoms with Crippen molar-refractivity contribution in [3.05, 3.63) is 52.5 Å². The van der Waals surface area contributed by atoms with Gasteiger partial charge in [-0.15, -0.1) is 0 Å². The first kappa shape index (κ1) is 17.5. The van der Waals surface area contributed by atoms with Gasteiger partial charge in [-0.1, -0.05) is 0 Å². The molecule has 0 bridgehead atoms. The molecule has 2 fully saturated rings. The number of carbonyl (C=O) groups is 1. The molecule has 4 rings (SSSR count). The number of hydrogen-bond donors (Lipinski definition) is 0. The maximum atomic E-state index is 13.4.